The summed E-state index contributed by atoms with van der Waals surface area (Å²) >= 11 is 3.46. The van der Waals surface area contributed by atoms with Crippen molar-refractivity contribution in [3.05, 3.63) is 34.3 Å². The lowest BCUT2D eigenvalue weighted by Gasteiger charge is -2.25. The maximum Gasteiger partial charge on any atom is 0.214 e. The summed E-state index contributed by atoms with van der Waals surface area (Å²) in [5.74, 6) is 0.469. The van der Waals surface area contributed by atoms with Crippen molar-refractivity contribution in [1.82, 2.24) is 9.62 Å². The summed E-state index contributed by atoms with van der Waals surface area (Å²) in [6.45, 7) is 2.22. The Kier molecular flexibility index (Phi) is 5.60. The molecule has 0 radical (unpaired) electrons. The molecule has 6 heteroatoms. The molecule has 0 bridgehead atoms. The van der Waals surface area contributed by atoms with Gasteiger partial charge in [-0.1, -0.05) is 34.1 Å². The topological polar surface area (TPSA) is 49.4 Å². The third-order valence-electron chi connectivity index (χ3n) is 3.67. The SMILES string of the molecule is CN(Cc1ccccc1Br)S(=O)(=O)CC1CCCNC1. The highest BCUT2D eigenvalue weighted by molar-refractivity contribution is 9.10. The Bertz CT molecular complexity index is 542. The van der Waals surface area contributed by atoms with Gasteiger partial charge in [0.2, 0.25) is 10.0 Å². The average Bonchev–Trinajstić information content (AvgIpc) is 2.42. The molecule has 1 aliphatic rings. The summed E-state index contributed by atoms with van der Waals surface area (Å²) < 4.78 is 27.2. The molecule has 112 valence electrons. The standard InChI is InChI=1S/C14H21BrN2O2S/c1-17(10-13-6-2-3-7-14(13)15)20(18,19)11-12-5-4-8-16-9-12/h2-3,6-7,12,16H,4-5,8-11H2,1H3. The first-order chi connectivity index (χ1) is 9.49. The zero-order chi connectivity index (χ0) is 14.6. The van der Waals surface area contributed by atoms with E-state index in [4.69, 9.17) is 0 Å². The Labute approximate surface area is 129 Å². The smallest absolute Gasteiger partial charge is 0.214 e. The Morgan fingerprint density at radius 3 is 2.80 bits per heavy atom. The molecule has 1 saturated heterocycles. The van der Waals surface area contributed by atoms with E-state index in [-0.39, 0.29) is 11.7 Å². The van der Waals surface area contributed by atoms with Crippen LogP contribution in [0.5, 0.6) is 0 Å². The number of hydrogen-bond acceptors (Lipinski definition) is 3. The van der Waals surface area contributed by atoms with Gasteiger partial charge in [0.1, 0.15) is 0 Å². The van der Waals surface area contributed by atoms with Crippen LogP contribution in [0.15, 0.2) is 28.7 Å². The van der Waals surface area contributed by atoms with Gasteiger partial charge < -0.3 is 5.32 Å². The predicted molar refractivity (Wildman–Crippen MR) is 85.0 cm³/mol. The monoisotopic (exact) mass is 360 g/mol. The highest BCUT2D eigenvalue weighted by Gasteiger charge is 2.25. The van der Waals surface area contributed by atoms with Gasteiger partial charge in [0.25, 0.3) is 0 Å². The fourth-order valence-corrected chi connectivity index (χ4v) is 4.34. The molecule has 0 saturated carbocycles. The molecular formula is C14H21BrN2O2S. The van der Waals surface area contributed by atoms with Gasteiger partial charge in [0, 0.05) is 18.1 Å². The van der Waals surface area contributed by atoms with Crippen molar-refractivity contribution in [3.63, 3.8) is 0 Å². The summed E-state index contributed by atoms with van der Waals surface area (Å²) in [6.07, 6.45) is 2.06. The number of nitrogens with zero attached hydrogens (tertiary/aromatic N) is 1. The van der Waals surface area contributed by atoms with Crippen LogP contribution in [0, 0.1) is 5.92 Å². The number of benzene rings is 1. The van der Waals surface area contributed by atoms with Crippen molar-refractivity contribution in [2.45, 2.75) is 19.4 Å². The molecule has 1 aromatic rings. The van der Waals surface area contributed by atoms with E-state index < -0.39 is 10.0 Å². The van der Waals surface area contributed by atoms with Gasteiger partial charge in [-0.15, -0.1) is 0 Å². The zero-order valence-electron chi connectivity index (χ0n) is 11.7. The van der Waals surface area contributed by atoms with Crippen molar-refractivity contribution in [2.24, 2.45) is 5.92 Å². The van der Waals surface area contributed by atoms with Crippen molar-refractivity contribution in [1.29, 1.82) is 0 Å². The lowest BCUT2D eigenvalue weighted by Crippen LogP contribution is -2.38. The molecule has 0 amide bonds. The van der Waals surface area contributed by atoms with Gasteiger partial charge in [-0.3, -0.25) is 0 Å². The van der Waals surface area contributed by atoms with Crippen LogP contribution in [0.3, 0.4) is 0 Å². The molecule has 1 N–H and O–H groups in total. The van der Waals surface area contributed by atoms with Crippen molar-refractivity contribution >= 4 is 26.0 Å². The van der Waals surface area contributed by atoms with E-state index in [1.807, 2.05) is 24.3 Å². The predicted octanol–water partition coefficient (Wildman–Crippen LogP) is 2.21. The minimum absolute atomic E-state index is 0.232. The first-order valence-corrected chi connectivity index (χ1v) is 9.27. The quantitative estimate of drug-likeness (QED) is 0.875. The van der Waals surface area contributed by atoms with Crippen molar-refractivity contribution in [2.75, 3.05) is 25.9 Å². The Balaban J connectivity index is 1.99. The van der Waals surface area contributed by atoms with E-state index in [1.165, 1.54) is 4.31 Å². The van der Waals surface area contributed by atoms with Crippen LogP contribution in [0.2, 0.25) is 0 Å². The first-order valence-electron chi connectivity index (χ1n) is 6.87. The number of sulfonamides is 1. The molecule has 2 rings (SSSR count). The summed E-state index contributed by atoms with van der Waals surface area (Å²) in [6, 6.07) is 7.72. The Hall–Kier alpha value is -0.430. The number of piperidine rings is 1. The van der Waals surface area contributed by atoms with Crippen LogP contribution in [0.4, 0.5) is 0 Å². The van der Waals surface area contributed by atoms with Crippen LogP contribution >= 0.6 is 15.9 Å². The van der Waals surface area contributed by atoms with Crippen LogP contribution in [-0.4, -0.2) is 38.6 Å². The lowest BCUT2D eigenvalue weighted by molar-refractivity contribution is 0.391. The van der Waals surface area contributed by atoms with Crippen LogP contribution in [0.25, 0.3) is 0 Å². The number of nitrogens with one attached hydrogen (secondary N) is 1. The van der Waals surface area contributed by atoms with Gasteiger partial charge in [0.05, 0.1) is 5.75 Å². The third-order valence-corrected chi connectivity index (χ3v) is 6.42. The van der Waals surface area contributed by atoms with Gasteiger partial charge in [-0.25, -0.2) is 12.7 Å². The van der Waals surface area contributed by atoms with Crippen LogP contribution in [-0.2, 0) is 16.6 Å². The minimum Gasteiger partial charge on any atom is -0.316 e. The molecule has 0 spiro atoms. The van der Waals surface area contributed by atoms with E-state index in [1.54, 1.807) is 7.05 Å². The van der Waals surface area contributed by atoms with Gasteiger partial charge in [-0.05, 0) is 43.5 Å². The Morgan fingerprint density at radius 1 is 1.40 bits per heavy atom. The van der Waals surface area contributed by atoms with Gasteiger partial charge in [-0.2, -0.15) is 0 Å². The van der Waals surface area contributed by atoms with Gasteiger partial charge in [0.15, 0.2) is 0 Å². The summed E-state index contributed by atoms with van der Waals surface area (Å²) in [5.41, 5.74) is 0.986. The normalized spacial score (nSPS) is 20.2. The van der Waals surface area contributed by atoms with E-state index >= 15 is 0 Å². The number of hydrogen-bond donors (Lipinski definition) is 1. The first kappa shape index (κ1) is 15.9. The van der Waals surface area contributed by atoms with E-state index in [9.17, 15) is 8.42 Å². The molecule has 1 aliphatic heterocycles. The number of rotatable bonds is 5. The zero-order valence-corrected chi connectivity index (χ0v) is 14.1. The second kappa shape index (κ2) is 7.02. The molecule has 0 aliphatic carbocycles. The largest absolute Gasteiger partial charge is 0.316 e. The lowest BCUT2D eigenvalue weighted by atomic mass is 10.0. The fourth-order valence-electron chi connectivity index (χ4n) is 2.46. The van der Waals surface area contributed by atoms with Crippen LogP contribution in [0.1, 0.15) is 18.4 Å². The molecule has 1 unspecified atom stereocenters. The fraction of sp³-hybridized carbons (Fsp3) is 0.571. The highest BCUT2D eigenvalue weighted by Crippen LogP contribution is 2.20. The molecule has 0 aromatic heterocycles. The molecular weight excluding hydrogens is 340 g/mol. The molecule has 1 heterocycles. The van der Waals surface area contributed by atoms with Crippen molar-refractivity contribution < 1.29 is 8.42 Å². The second-order valence-corrected chi connectivity index (χ2v) is 8.31. The maximum absolute atomic E-state index is 12.4. The molecule has 1 aromatic carbocycles. The van der Waals surface area contributed by atoms with Gasteiger partial charge >= 0.3 is 0 Å². The molecule has 4 nitrogen and oxygen atoms in total. The van der Waals surface area contributed by atoms with E-state index in [0.717, 1.165) is 36.0 Å². The van der Waals surface area contributed by atoms with Crippen LogP contribution < -0.4 is 5.32 Å². The number of halogens is 1. The average molecular weight is 361 g/mol. The third kappa shape index (κ3) is 4.28. The highest BCUT2D eigenvalue weighted by atomic mass is 79.9. The Morgan fingerprint density at radius 2 is 2.15 bits per heavy atom. The summed E-state index contributed by atoms with van der Waals surface area (Å²) in [4.78, 5) is 0. The summed E-state index contributed by atoms with van der Waals surface area (Å²) in [5, 5.41) is 3.26. The van der Waals surface area contributed by atoms with E-state index in [0.29, 0.717) is 6.54 Å². The maximum atomic E-state index is 12.4. The minimum atomic E-state index is -3.20. The summed E-state index contributed by atoms with van der Waals surface area (Å²) in [7, 11) is -1.54. The van der Waals surface area contributed by atoms with Crippen molar-refractivity contribution in [3.8, 4) is 0 Å². The van der Waals surface area contributed by atoms with E-state index in [2.05, 4.69) is 21.2 Å². The molecule has 20 heavy (non-hydrogen) atoms. The molecule has 1 fully saturated rings. The second-order valence-electron chi connectivity index (χ2n) is 5.34. The molecule has 1 atom stereocenters.